The highest BCUT2D eigenvalue weighted by Gasteiger charge is 2.32. The zero-order valence-corrected chi connectivity index (χ0v) is 12.7. The number of ether oxygens (including phenoxy) is 1. The van der Waals surface area contributed by atoms with Gasteiger partial charge in [-0.15, -0.1) is 0 Å². The topological polar surface area (TPSA) is 12.5 Å². The molecule has 0 saturated carbocycles. The maximum atomic E-state index is 5.71. The van der Waals surface area contributed by atoms with E-state index in [-0.39, 0.29) is 0 Å². The molecule has 0 spiro atoms. The molecule has 2 aliphatic heterocycles. The molecule has 1 saturated heterocycles. The highest BCUT2D eigenvalue weighted by atomic mass is 16.5. The predicted molar refractivity (Wildman–Crippen MR) is 87.4 cm³/mol. The Morgan fingerprint density at radius 1 is 1.05 bits per heavy atom. The largest absolute Gasteiger partial charge is 0.378 e. The molecule has 2 aromatic rings. The van der Waals surface area contributed by atoms with Crippen LogP contribution in [0, 0.1) is 6.92 Å². The summed E-state index contributed by atoms with van der Waals surface area (Å²) in [4.78, 5) is 2.46. The van der Waals surface area contributed by atoms with Gasteiger partial charge in [0.1, 0.15) is 0 Å². The number of benzene rings is 2. The molecular weight excluding hydrogens is 258 g/mol. The second-order valence-electron chi connectivity index (χ2n) is 6.30. The summed E-state index contributed by atoms with van der Waals surface area (Å²) < 4.78 is 5.71. The summed E-state index contributed by atoms with van der Waals surface area (Å²) in [7, 11) is 2.22. The van der Waals surface area contributed by atoms with Crippen LogP contribution in [-0.4, -0.2) is 37.2 Å². The van der Waals surface area contributed by atoms with E-state index in [0.29, 0.717) is 12.1 Å². The van der Waals surface area contributed by atoms with Crippen molar-refractivity contribution >= 4 is 16.3 Å². The molecule has 0 aromatic heterocycles. The van der Waals surface area contributed by atoms with E-state index in [4.69, 9.17) is 4.74 Å². The molecule has 21 heavy (non-hydrogen) atoms. The molecule has 1 fully saturated rings. The molecule has 2 atom stereocenters. The average molecular weight is 279 g/mol. The number of hydrogen-bond acceptors (Lipinski definition) is 2. The Balaban J connectivity index is 1.86. The minimum Gasteiger partial charge on any atom is -0.378 e. The van der Waals surface area contributed by atoms with Gasteiger partial charge < -0.3 is 4.74 Å². The zero-order chi connectivity index (χ0) is 14.4. The number of morpholine rings is 1. The van der Waals surface area contributed by atoms with E-state index in [1.807, 2.05) is 0 Å². The summed E-state index contributed by atoms with van der Waals surface area (Å²) in [6, 6.07) is 14.2. The van der Waals surface area contributed by atoms with Gasteiger partial charge in [-0.25, -0.2) is 0 Å². The van der Waals surface area contributed by atoms with E-state index in [0.717, 1.165) is 19.6 Å². The van der Waals surface area contributed by atoms with Gasteiger partial charge in [-0.05, 0) is 47.9 Å². The first-order valence-corrected chi connectivity index (χ1v) is 7.73. The van der Waals surface area contributed by atoms with E-state index >= 15 is 0 Å². The van der Waals surface area contributed by atoms with Crippen LogP contribution in [0.5, 0.6) is 0 Å². The van der Waals surface area contributed by atoms with Crippen molar-refractivity contribution in [2.75, 3.05) is 20.3 Å². The minimum atomic E-state index is 0.424. The maximum absolute atomic E-state index is 5.71. The molecule has 2 nitrogen and oxygen atoms in total. The lowest BCUT2D eigenvalue weighted by Gasteiger charge is -2.42. The van der Waals surface area contributed by atoms with Gasteiger partial charge in [0.15, 0.2) is 0 Å². The number of likely N-dealkylation sites (N-methyl/N-ethyl adjacent to an activating group) is 1. The molecular formula is C19H21NO. The molecule has 0 amide bonds. The van der Waals surface area contributed by atoms with Crippen LogP contribution in [0.2, 0.25) is 0 Å². The molecule has 108 valence electrons. The third kappa shape index (κ3) is 2.10. The van der Waals surface area contributed by atoms with Crippen LogP contribution in [0.15, 0.2) is 42.5 Å². The fraction of sp³-hybridized carbons (Fsp3) is 0.368. The Hall–Kier alpha value is -1.64. The molecule has 4 rings (SSSR count). The van der Waals surface area contributed by atoms with Crippen LogP contribution >= 0.6 is 0 Å². The molecule has 0 N–H and O–H groups in total. The second-order valence-corrected chi connectivity index (χ2v) is 6.30. The second kappa shape index (κ2) is 4.97. The van der Waals surface area contributed by atoms with Gasteiger partial charge in [-0.1, -0.05) is 42.5 Å². The highest BCUT2D eigenvalue weighted by Crippen LogP contribution is 2.35. The van der Waals surface area contributed by atoms with Gasteiger partial charge in [0.2, 0.25) is 0 Å². The summed E-state index contributed by atoms with van der Waals surface area (Å²) in [5, 5.41) is 2.75. The van der Waals surface area contributed by atoms with Gasteiger partial charge in [0.05, 0.1) is 19.3 Å². The number of fused-ring (bicyclic) bond motifs is 3. The standard InChI is InChI=1S/C19H21NO/c1-13-7-8-18(19-6-4-3-5-17(13)19)14-9-15-11-21-12-16(10-14)20(15)2/h3-9,15-16H,10-12H2,1-2H3. The summed E-state index contributed by atoms with van der Waals surface area (Å²) >= 11 is 0. The average Bonchev–Trinajstić information content (AvgIpc) is 2.48. The predicted octanol–water partition coefficient (Wildman–Crippen LogP) is 3.63. The van der Waals surface area contributed by atoms with Crippen LogP contribution in [0.4, 0.5) is 0 Å². The van der Waals surface area contributed by atoms with Crippen molar-refractivity contribution in [2.24, 2.45) is 0 Å². The Bertz CT molecular complexity index is 719. The summed E-state index contributed by atoms with van der Waals surface area (Å²) in [6.45, 7) is 3.87. The summed E-state index contributed by atoms with van der Waals surface area (Å²) in [6.07, 6.45) is 3.49. The van der Waals surface area contributed by atoms with Crippen LogP contribution in [-0.2, 0) is 4.74 Å². The normalized spacial score (nSPS) is 25.9. The molecule has 2 aliphatic rings. The Morgan fingerprint density at radius 2 is 1.86 bits per heavy atom. The van der Waals surface area contributed by atoms with E-state index in [9.17, 15) is 0 Å². The van der Waals surface area contributed by atoms with E-state index in [2.05, 4.69) is 61.3 Å². The SMILES string of the molecule is Cc1ccc(C2=CC3COCC(C2)N3C)c2ccccc12. The van der Waals surface area contributed by atoms with Crippen molar-refractivity contribution in [3.63, 3.8) is 0 Å². The van der Waals surface area contributed by atoms with Gasteiger partial charge in [-0.2, -0.15) is 0 Å². The molecule has 2 unspecified atom stereocenters. The van der Waals surface area contributed by atoms with Gasteiger partial charge in [0.25, 0.3) is 0 Å². The third-order valence-electron chi connectivity index (χ3n) is 5.04. The van der Waals surface area contributed by atoms with Crippen molar-refractivity contribution in [3.05, 3.63) is 53.6 Å². The smallest absolute Gasteiger partial charge is 0.0658 e. The fourth-order valence-corrected chi connectivity index (χ4v) is 3.68. The van der Waals surface area contributed by atoms with E-state index < -0.39 is 0 Å². The Morgan fingerprint density at radius 3 is 2.67 bits per heavy atom. The number of rotatable bonds is 1. The first-order chi connectivity index (χ1) is 10.2. The van der Waals surface area contributed by atoms with Crippen LogP contribution < -0.4 is 0 Å². The van der Waals surface area contributed by atoms with Gasteiger partial charge in [0, 0.05) is 6.04 Å². The Labute approximate surface area is 126 Å². The minimum absolute atomic E-state index is 0.424. The number of hydrogen-bond donors (Lipinski definition) is 0. The van der Waals surface area contributed by atoms with Crippen molar-refractivity contribution < 1.29 is 4.74 Å². The lowest BCUT2D eigenvalue weighted by molar-refractivity contribution is -0.0221. The molecule has 0 radical (unpaired) electrons. The van der Waals surface area contributed by atoms with E-state index in [1.54, 1.807) is 0 Å². The van der Waals surface area contributed by atoms with Gasteiger partial charge >= 0.3 is 0 Å². The molecule has 2 bridgehead atoms. The van der Waals surface area contributed by atoms with Crippen molar-refractivity contribution in [1.29, 1.82) is 0 Å². The molecule has 2 heterocycles. The molecule has 0 aliphatic carbocycles. The van der Waals surface area contributed by atoms with Crippen molar-refractivity contribution in [3.8, 4) is 0 Å². The fourth-order valence-electron chi connectivity index (χ4n) is 3.68. The maximum Gasteiger partial charge on any atom is 0.0658 e. The summed E-state index contributed by atoms with van der Waals surface area (Å²) in [5.41, 5.74) is 4.25. The Kier molecular flexibility index (Phi) is 3.09. The van der Waals surface area contributed by atoms with Crippen molar-refractivity contribution in [1.82, 2.24) is 4.90 Å². The summed E-state index contributed by atoms with van der Waals surface area (Å²) in [5.74, 6) is 0. The van der Waals surface area contributed by atoms with Crippen LogP contribution in [0.1, 0.15) is 17.5 Å². The van der Waals surface area contributed by atoms with E-state index in [1.165, 1.54) is 27.5 Å². The zero-order valence-electron chi connectivity index (χ0n) is 12.7. The first-order valence-electron chi connectivity index (χ1n) is 7.73. The quantitative estimate of drug-likeness (QED) is 0.790. The number of nitrogens with zero attached hydrogens (tertiary/aromatic N) is 1. The van der Waals surface area contributed by atoms with Crippen molar-refractivity contribution in [2.45, 2.75) is 25.4 Å². The first kappa shape index (κ1) is 13.1. The van der Waals surface area contributed by atoms with Gasteiger partial charge in [-0.3, -0.25) is 4.90 Å². The number of aryl methyl sites for hydroxylation is 1. The molecule has 2 aromatic carbocycles. The van der Waals surface area contributed by atoms with Crippen LogP contribution in [0.25, 0.3) is 16.3 Å². The lowest BCUT2D eigenvalue weighted by atomic mass is 9.87. The molecule has 2 heteroatoms. The lowest BCUT2D eigenvalue weighted by Crippen LogP contribution is -2.51. The monoisotopic (exact) mass is 279 g/mol. The highest BCUT2D eigenvalue weighted by molar-refractivity contribution is 5.96. The third-order valence-corrected chi connectivity index (χ3v) is 5.04. The van der Waals surface area contributed by atoms with Crippen LogP contribution in [0.3, 0.4) is 0 Å².